The molecule has 0 aromatic heterocycles. The van der Waals surface area contributed by atoms with Crippen molar-refractivity contribution >= 4 is 5.91 Å². The van der Waals surface area contributed by atoms with Gasteiger partial charge < -0.3 is 14.4 Å². The smallest absolute Gasteiger partial charge is 0.253 e. The molecular weight excluding hydrogens is 266 g/mol. The van der Waals surface area contributed by atoms with Crippen molar-refractivity contribution in [3.63, 3.8) is 0 Å². The lowest BCUT2D eigenvalue weighted by molar-refractivity contribution is 0.0785. The Balaban J connectivity index is 2.03. The Morgan fingerprint density at radius 3 is 1.86 bits per heavy atom. The topological polar surface area (TPSA) is 38.8 Å². The summed E-state index contributed by atoms with van der Waals surface area (Å²) in [5.41, 5.74) is 1.70. The van der Waals surface area contributed by atoms with Crippen molar-refractivity contribution in [3.8, 4) is 11.5 Å². The van der Waals surface area contributed by atoms with Crippen LogP contribution >= 0.6 is 0 Å². The quantitative estimate of drug-likeness (QED) is 0.847. The highest BCUT2D eigenvalue weighted by Crippen LogP contribution is 2.15. The van der Waals surface area contributed by atoms with Crippen LogP contribution in [-0.4, -0.2) is 32.1 Å². The number of methoxy groups -OCH3 is 2. The van der Waals surface area contributed by atoms with Gasteiger partial charge in [-0.15, -0.1) is 0 Å². The third-order valence-corrected chi connectivity index (χ3v) is 3.26. The first-order valence-electron chi connectivity index (χ1n) is 6.66. The molecule has 2 rings (SSSR count). The summed E-state index contributed by atoms with van der Waals surface area (Å²) in [5.74, 6) is 1.53. The van der Waals surface area contributed by atoms with Crippen molar-refractivity contribution in [2.45, 2.75) is 6.54 Å². The Hall–Kier alpha value is -2.49. The summed E-state index contributed by atoms with van der Waals surface area (Å²) in [6.07, 6.45) is 0. The lowest BCUT2D eigenvalue weighted by Gasteiger charge is -2.17. The number of hydrogen-bond acceptors (Lipinski definition) is 3. The Morgan fingerprint density at radius 1 is 0.905 bits per heavy atom. The van der Waals surface area contributed by atoms with E-state index in [0.717, 1.165) is 17.1 Å². The molecule has 0 saturated carbocycles. The standard InChI is InChI=1S/C17H19NO3/c1-18(12-13-4-8-15(20-2)9-5-13)17(19)14-6-10-16(21-3)11-7-14/h4-11H,12H2,1-3H3. The Kier molecular flexibility index (Phi) is 4.82. The molecule has 0 heterocycles. The van der Waals surface area contributed by atoms with Crippen LogP contribution in [0.3, 0.4) is 0 Å². The van der Waals surface area contributed by atoms with E-state index < -0.39 is 0 Å². The lowest BCUT2D eigenvalue weighted by atomic mass is 10.1. The highest BCUT2D eigenvalue weighted by molar-refractivity contribution is 5.94. The number of ether oxygens (including phenoxy) is 2. The van der Waals surface area contributed by atoms with Crippen LogP contribution in [0.4, 0.5) is 0 Å². The molecule has 4 heteroatoms. The van der Waals surface area contributed by atoms with E-state index >= 15 is 0 Å². The van der Waals surface area contributed by atoms with Gasteiger partial charge in [-0.2, -0.15) is 0 Å². The first-order valence-corrected chi connectivity index (χ1v) is 6.66. The normalized spacial score (nSPS) is 10.0. The second kappa shape index (κ2) is 6.79. The zero-order chi connectivity index (χ0) is 15.2. The monoisotopic (exact) mass is 285 g/mol. The molecule has 0 aliphatic heterocycles. The van der Waals surface area contributed by atoms with E-state index in [1.54, 1.807) is 50.4 Å². The van der Waals surface area contributed by atoms with Crippen LogP contribution in [0.1, 0.15) is 15.9 Å². The number of carbonyl (C=O) groups excluding carboxylic acids is 1. The summed E-state index contributed by atoms with van der Waals surface area (Å²) in [5, 5.41) is 0. The second-order valence-corrected chi connectivity index (χ2v) is 4.74. The van der Waals surface area contributed by atoms with Gasteiger partial charge in [0.25, 0.3) is 5.91 Å². The van der Waals surface area contributed by atoms with Crippen LogP contribution < -0.4 is 9.47 Å². The van der Waals surface area contributed by atoms with Gasteiger partial charge in [0.15, 0.2) is 0 Å². The van der Waals surface area contributed by atoms with Crippen molar-refractivity contribution in [1.29, 1.82) is 0 Å². The summed E-state index contributed by atoms with van der Waals surface area (Å²) in [6.45, 7) is 0.550. The van der Waals surface area contributed by atoms with Crippen LogP contribution in [0.25, 0.3) is 0 Å². The fraction of sp³-hybridized carbons (Fsp3) is 0.235. The first kappa shape index (κ1) is 14.9. The van der Waals surface area contributed by atoms with Crippen molar-refractivity contribution in [2.75, 3.05) is 21.3 Å². The molecule has 0 N–H and O–H groups in total. The number of hydrogen-bond donors (Lipinski definition) is 0. The van der Waals surface area contributed by atoms with Gasteiger partial charge in [-0.3, -0.25) is 4.79 Å². The summed E-state index contributed by atoms with van der Waals surface area (Å²) < 4.78 is 10.2. The van der Waals surface area contributed by atoms with Gasteiger partial charge in [0.2, 0.25) is 0 Å². The second-order valence-electron chi connectivity index (χ2n) is 4.74. The molecule has 0 bridgehead atoms. The molecule has 0 radical (unpaired) electrons. The maximum absolute atomic E-state index is 12.3. The molecule has 2 aromatic carbocycles. The summed E-state index contributed by atoms with van der Waals surface area (Å²) in [7, 11) is 5.03. The van der Waals surface area contributed by atoms with Gasteiger partial charge in [0.1, 0.15) is 11.5 Å². The van der Waals surface area contributed by atoms with Crippen LogP contribution in [0.2, 0.25) is 0 Å². The minimum absolute atomic E-state index is 0.0199. The zero-order valence-electron chi connectivity index (χ0n) is 12.5. The average molecular weight is 285 g/mol. The summed E-state index contributed by atoms with van der Waals surface area (Å²) >= 11 is 0. The van der Waals surface area contributed by atoms with Crippen molar-refractivity contribution in [2.24, 2.45) is 0 Å². The molecule has 110 valence electrons. The van der Waals surface area contributed by atoms with Gasteiger partial charge in [-0.05, 0) is 42.0 Å². The molecular formula is C17H19NO3. The molecule has 4 nitrogen and oxygen atoms in total. The largest absolute Gasteiger partial charge is 0.497 e. The minimum Gasteiger partial charge on any atom is -0.497 e. The fourth-order valence-electron chi connectivity index (χ4n) is 2.03. The molecule has 0 aliphatic rings. The SMILES string of the molecule is COc1ccc(CN(C)C(=O)c2ccc(OC)cc2)cc1. The van der Waals surface area contributed by atoms with E-state index in [1.807, 2.05) is 24.3 Å². The van der Waals surface area contributed by atoms with Crippen LogP contribution in [0.15, 0.2) is 48.5 Å². The highest BCUT2D eigenvalue weighted by Gasteiger charge is 2.12. The Bertz CT molecular complexity index is 590. The van der Waals surface area contributed by atoms with E-state index in [9.17, 15) is 4.79 Å². The lowest BCUT2D eigenvalue weighted by Crippen LogP contribution is -2.26. The third-order valence-electron chi connectivity index (χ3n) is 3.26. The molecule has 2 aromatic rings. The Labute approximate surface area is 124 Å². The van der Waals surface area contributed by atoms with Gasteiger partial charge >= 0.3 is 0 Å². The number of carbonyl (C=O) groups is 1. The van der Waals surface area contributed by atoms with Crippen LogP contribution in [0, 0.1) is 0 Å². The number of amides is 1. The number of nitrogens with zero attached hydrogens (tertiary/aromatic N) is 1. The fourth-order valence-corrected chi connectivity index (χ4v) is 2.03. The van der Waals surface area contributed by atoms with Gasteiger partial charge in [-0.1, -0.05) is 12.1 Å². The van der Waals surface area contributed by atoms with E-state index in [4.69, 9.17) is 9.47 Å². The van der Waals surface area contributed by atoms with Gasteiger partial charge in [0.05, 0.1) is 14.2 Å². The minimum atomic E-state index is -0.0199. The van der Waals surface area contributed by atoms with Gasteiger partial charge in [0, 0.05) is 19.2 Å². The molecule has 0 unspecified atom stereocenters. The Morgan fingerprint density at radius 2 is 1.38 bits per heavy atom. The maximum Gasteiger partial charge on any atom is 0.253 e. The molecule has 21 heavy (non-hydrogen) atoms. The van der Waals surface area contributed by atoms with E-state index in [0.29, 0.717) is 12.1 Å². The average Bonchev–Trinajstić information content (AvgIpc) is 2.55. The maximum atomic E-state index is 12.3. The molecule has 0 spiro atoms. The van der Waals surface area contributed by atoms with Crippen molar-refractivity contribution < 1.29 is 14.3 Å². The predicted molar refractivity (Wildman–Crippen MR) is 81.8 cm³/mol. The third kappa shape index (κ3) is 3.75. The predicted octanol–water partition coefficient (Wildman–Crippen LogP) is 2.98. The number of rotatable bonds is 5. The molecule has 0 aliphatic carbocycles. The zero-order valence-corrected chi connectivity index (χ0v) is 12.5. The van der Waals surface area contributed by atoms with Crippen LogP contribution in [0.5, 0.6) is 11.5 Å². The molecule has 0 atom stereocenters. The molecule has 1 amide bonds. The van der Waals surface area contributed by atoms with Crippen molar-refractivity contribution in [3.05, 3.63) is 59.7 Å². The highest BCUT2D eigenvalue weighted by atomic mass is 16.5. The summed E-state index contributed by atoms with van der Waals surface area (Å²) in [6, 6.07) is 14.8. The van der Waals surface area contributed by atoms with Crippen molar-refractivity contribution in [1.82, 2.24) is 4.90 Å². The van der Waals surface area contributed by atoms with E-state index in [-0.39, 0.29) is 5.91 Å². The number of benzene rings is 2. The van der Waals surface area contributed by atoms with Crippen LogP contribution in [-0.2, 0) is 6.54 Å². The first-order chi connectivity index (χ1) is 10.1. The van der Waals surface area contributed by atoms with Gasteiger partial charge in [-0.25, -0.2) is 0 Å². The summed E-state index contributed by atoms with van der Waals surface area (Å²) in [4.78, 5) is 14.0. The molecule has 0 saturated heterocycles. The molecule has 0 fully saturated rings. The van der Waals surface area contributed by atoms with E-state index in [1.165, 1.54) is 0 Å². The van der Waals surface area contributed by atoms with E-state index in [2.05, 4.69) is 0 Å².